The summed E-state index contributed by atoms with van der Waals surface area (Å²) in [4.78, 5) is 0. The molecule has 2 heterocycles. The van der Waals surface area contributed by atoms with Crippen LogP contribution in [0.5, 0.6) is 17.2 Å². The molecule has 0 aromatic heterocycles. The molecule has 5 rings (SSSR count). The summed E-state index contributed by atoms with van der Waals surface area (Å²) in [5, 5.41) is 40.8. The summed E-state index contributed by atoms with van der Waals surface area (Å²) >= 11 is 0. The van der Waals surface area contributed by atoms with Gasteiger partial charge in [-0.25, -0.2) is 0 Å². The molecule has 37 heavy (non-hydrogen) atoms. The zero-order valence-electron chi connectivity index (χ0n) is 20.8. The van der Waals surface area contributed by atoms with Crippen LogP contribution in [0.25, 0.3) is 0 Å². The summed E-state index contributed by atoms with van der Waals surface area (Å²) in [6.45, 7) is 0. The van der Waals surface area contributed by atoms with Crippen molar-refractivity contribution in [2.45, 2.75) is 37.1 Å². The molecule has 3 aliphatic rings. The van der Waals surface area contributed by atoms with Crippen molar-refractivity contribution in [3.05, 3.63) is 53.6 Å². The smallest absolute Gasteiger partial charge is 0.217 e. The molecular weight excluding hydrogens is 472 g/mol. The van der Waals surface area contributed by atoms with E-state index >= 15 is 0 Å². The van der Waals surface area contributed by atoms with Crippen molar-refractivity contribution in [1.29, 1.82) is 21.2 Å². The number of nitrogens with zero attached hydrogens (tertiary/aromatic N) is 3. The molecule has 9 nitrogen and oxygen atoms in total. The third kappa shape index (κ3) is 3.06. The fourth-order valence-corrected chi connectivity index (χ4v) is 6.40. The maximum Gasteiger partial charge on any atom is 0.217 e. The number of hydrogen-bond donors (Lipinski definition) is 1. The van der Waals surface area contributed by atoms with E-state index in [0.717, 1.165) is 5.56 Å². The molecule has 1 saturated carbocycles. The second-order valence-electron chi connectivity index (χ2n) is 9.58. The van der Waals surface area contributed by atoms with Gasteiger partial charge in [0.25, 0.3) is 0 Å². The van der Waals surface area contributed by atoms with E-state index in [-0.39, 0.29) is 5.92 Å². The van der Waals surface area contributed by atoms with Crippen LogP contribution in [-0.2, 0) is 9.47 Å². The maximum atomic E-state index is 10.7. The number of ether oxygens (including phenoxy) is 5. The van der Waals surface area contributed by atoms with Crippen LogP contribution >= 0.6 is 0 Å². The van der Waals surface area contributed by atoms with Crippen LogP contribution in [0.4, 0.5) is 0 Å². The summed E-state index contributed by atoms with van der Waals surface area (Å²) < 4.78 is 29.2. The Morgan fingerprint density at radius 2 is 1.57 bits per heavy atom. The number of nitrogens with one attached hydrogen (secondary N) is 1. The van der Waals surface area contributed by atoms with Crippen molar-refractivity contribution in [3.63, 3.8) is 0 Å². The number of nitriles is 3. The predicted molar refractivity (Wildman–Crippen MR) is 130 cm³/mol. The molecule has 2 saturated heterocycles. The van der Waals surface area contributed by atoms with E-state index in [1.165, 1.54) is 21.3 Å². The van der Waals surface area contributed by atoms with Crippen molar-refractivity contribution in [2.75, 3.05) is 21.3 Å². The largest absolute Gasteiger partial charge is 0.496 e. The molecule has 2 aromatic rings. The van der Waals surface area contributed by atoms with Gasteiger partial charge in [0, 0.05) is 18.1 Å². The Balaban J connectivity index is 1.71. The van der Waals surface area contributed by atoms with Crippen LogP contribution in [-0.4, -0.2) is 33.0 Å². The standard InChI is InChI=1S/C28H26N4O5/c1-33-20-13-22(35-3)21(34-2)12-19(20)24-26(14-29,15-30)27(16-31)23-11-18(17-7-5-4-6-8-17)9-10-28(23,36-24)37-25(27)32/h4-8,12-13,18,23-24,32H,9-11H2,1-3H3. The van der Waals surface area contributed by atoms with Crippen molar-refractivity contribution in [1.82, 2.24) is 0 Å². The van der Waals surface area contributed by atoms with Crippen LogP contribution < -0.4 is 14.2 Å². The average molecular weight is 499 g/mol. The van der Waals surface area contributed by atoms with Crippen LogP contribution in [0.15, 0.2) is 42.5 Å². The van der Waals surface area contributed by atoms with Gasteiger partial charge in [-0.3, -0.25) is 5.41 Å². The molecule has 5 atom stereocenters. The molecule has 1 aliphatic carbocycles. The SMILES string of the molecule is COc1cc(OC)c(C2OC34CCC(c5ccccc5)CC3C(C#N)(C(=N)O4)C2(C#N)C#N)cc1OC. The molecule has 2 bridgehead atoms. The summed E-state index contributed by atoms with van der Waals surface area (Å²) in [6, 6.07) is 19.5. The second-order valence-corrected chi connectivity index (χ2v) is 9.58. The molecule has 3 fully saturated rings. The summed E-state index contributed by atoms with van der Waals surface area (Å²) in [5.74, 6) is -1.35. The van der Waals surface area contributed by atoms with Gasteiger partial charge in [-0.2, -0.15) is 15.8 Å². The second kappa shape index (κ2) is 8.69. The molecular formula is C28H26N4O5. The quantitative estimate of drug-likeness (QED) is 0.630. The third-order valence-corrected chi connectivity index (χ3v) is 8.20. The monoisotopic (exact) mass is 498 g/mol. The van der Waals surface area contributed by atoms with Gasteiger partial charge in [-0.1, -0.05) is 30.3 Å². The average Bonchev–Trinajstić information content (AvgIpc) is 3.15. The summed E-state index contributed by atoms with van der Waals surface area (Å²) in [6.07, 6.45) is 0.254. The molecule has 188 valence electrons. The van der Waals surface area contributed by atoms with Gasteiger partial charge in [0.1, 0.15) is 11.9 Å². The lowest BCUT2D eigenvalue weighted by atomic mass is 9.50. The van der Waals surface area contributed by atoms with E-state index in [4.69, 9.17) is 29.1 Å². The molecule has 1 N–H and O–H groups in total. The number of rotatable bonds is 5. The zero-order chi connectivity index (χ0) is 26.4. The van der Waals surface area contributed by atoms with Crippen LogP contribution in [0.2, 0.25) is 0 Å². The van der Waals surface area contributed by atoms with E-state index in [1.807, 2.05) is 30.3 Å². The highest BCUT2D eigenvalue weighted by Crippen LogP contribution is 2.71. The lowest BCUT2D eigenvalue weighted by molar-refractivity contribution is -0.296. The highest BCUT2D eigenvalue weighted by molar-refractivity contribution is 5.89. The summed E-state index contributed by atoms with van der Waals surface area (Å²) in [7, 11) is 4.40. The van der Waals surface area contributed by atoms with Crippen molar-refractivity contribution in [2.24, 2.45) is 16.7 Å². The van der Waals surface area contributed by atoms with E-state index < -0.39 is 34.5 Å². The van der Waals surface area contributed by atoms with E-state index in [9.17, 15) is 15.8 Å². The minimum Gasteiger partial charge on any atom is -0.496 e. The number of hydrogen-bond acceptors (Lipinski definition) is 9. The molecule has 0 amide bonds. The number of methoxy groups -OCH3 is 3. The van der Waals surface area contributed by atoms with Crippen LogP contribution in [0.1, 0.15) is 42.4 Å². The highest BCUT2D eigenvalue weighted by atomic mass is 16.7. The Labute approximate surface area is 215 Å². The fourth-order valence-electron chi connectivity index (χ4n) is 6.40. The molecule has 0 spiro atoms. The van der Waals surface area contributed by atoms with Gasteiger partial charge in [0.2, 0.25) is 17.1 Å². The van der Waals surface area contributed by atoms with E-state index in [1.54, 1.807) is 12.1 Å². The van der Waals surface area contributed by atoms with Gasteiger partial charge in [-0.05, 0) is 30.4 Å². The first kappa shape index (κ1) is 24.4. The maximum absolute atomic E-state index is 10.7. The minimum atomic E-state index is -2.10. The van der Waals surface area contributed by atoms with Crippen molar-refractivity contribution < 1.29 is 23.7 Å². The topological polar surface area (TPSA) is 141 Å². The zero-order valence-corrected chi connectivity index (χ0v) is 20.8. The first-order chi connectivity index (χ1) is 17.9. The lowest BCUT2D eigenvalue weighted by Crippen LogP contribution is -2.60. The Kier molecular flexibility index (Phi) is 5.74. The van der Waals surface area contributed by atoms with E-state index in [2.05, 4.69) is 18.2 Å². The van der Waals surface area contributed by atoms with Crippen molar-refractivity contribution in [3.8, 4) is 35.5 Å². The highest BCUT2D eigenvalue weighted by Gasteiger charge is 2.81. The molecule has 2 aliphatic heterocycles. The Morgan fingerprint density at radius 1 is 0.919 bits per heavy atom. The van der Waals surface area contributed by atoms with Crippen LogP contribution in [0.3, 0.4) is 0 Å². The molecule has 5 unspecified atom stereocenters. The van der Waals surface area contributed by atoms with Gasteiger partial charge in [0.05, 0.1) is 45.5 Å². The van der Waals surface area contributed by atoms with Gasteiger partial charge < -0.3 is 23.7 Å². The molecule has 9 heteroatoms. The van der Waals surface area contributed by atoms with Gasteiger partial charge in [0.15, 0.2) is 16.9 Å². The molecule has 0 radical (unpaired) electrons. The minimum absolute atomic E-state index is 0.0624. The van der Waals surface area contributed by atoms with Crippen molar-refractivity contribution >= 4 is 5.90 Å². The van der Waals surface area contributed by atoms with Gasteiger partial charge in [-0.15, -0.1) is 0 Å². The first-order valence-corrected chi connectivity index (χ1v) is 11.9. The first-order valence-electron chi connectivity index (χ1n) is 11.9. The Morgan fingerprint density at radius 3 is 2.16 bits per heavy atom. The Hall–Kier alpha value is -4.26. The van der Waals surface area contributed by atoms with Gasteiger partial charge >= 0.3 is 0 Å². The predicted octanol–water partition coefficient (Wildman–Crippen LogP) is 4.61. The normalized spacial score (nSPS) is 31.0. The van der Waals surface area contributed by atoms with Crippen LogP contribution in [0, 0.1) is 56.2 Å². The Bertz CT molecular complexity index is 1360. The summed E-state index contributed by atoms with van der Waals surface area (Å²) in [5.41, 5.74) is -2.52. The fraction of sp³-hybridized carbons (Fsp3) is 0.429. The third-order valence-electron chi connectivity index (χ3n) is 8.20. The van der Waals surface area contributed by atoms with E-state index in [0.29, 0.717) is 42.1 Å². The molecule has 2 aromatic carbocycles. The lowest BCUT2D eigenvalue weighted by Gasteiger charge is -2.53. The number of benzene rings is 2.